The van der Waals surface area contributed by atoms with Gasteiger partial charge in [-0.25, -0.2) is 12.8 Å². The Morgan fingerprint density at radius 3 is 2.43 bits per heavy atom. The highest BCUT2D eigenvalue weighted by atomic mass is 32.2. The molecular weight excluding hydrogens is 213 g/mol. The average Bonchev–Trinajstić information content (AvgIpc) is 2.01. The van der Waals surface area contributed by atoms with Crippen LogP contribution in [0.5, 0.6) is 0 Å². The Morgan fingerprint density at radius 1 is 1.43 bits per heavy atom. The maximum Gasteiger partial charge on any atom is 0.288 e. The molecular formula is C7H6FNO4S. The molecule has 0 heterocycles. The van der Waals surface area contributed by atoms with Crippen LogP contribution < -0.4 is 0 Å². The van der Waals surface area contributed by atoms with Gasteiger partial charge in [-0.05, 0) is 12.1 Å². The summed E-state index contributed by atoms with van der Waals surface area (Å²) in [7, 11) is -3.78. The molecule has 0 saturated carbocycles. The minimum atomic E-state index is -3.78. The van der Waals surface area contributed by atoms with Gasteiger partial charge in [0.2, 0.25) is 0 Å². The monoisotopic (exact) mass is 219 g/mol. The Bertz CT molecular complexity index is 482. The van der Waals surface area contributed by atoms with E-state index in [0.29, 0.717) is 6.07 Å². The lowest BCUT2D eigenvalue weighted by Gasteiger charge is -1.99. The fourth-order valence-corrected chi connectivity index (χ4v) is 1.78. The van der Waals surface area contributed by atoms with E-state index in [2.05, 4.69) is 0 Å². The summed E-state index contributed by atoms with van der Waals surface area (Å²) in [5, 5.41) is 10.4. The summed E-state index contributed by atoms with van der Waals surface area (Å²) in [6.45, 7) is 0. The van der Waals surface area contributed by atoms with E-state index in [1.54, 1.807) is 0 Å². The third kappa shape index (κ3) is 2.05. The molecule has 1 rings (SSSR count). The van der Waals surface area contributed by atoms with Gasteiger partial charge in [0.15, 0.2) is 9.84 Å². The molecule has 76 valence electrons. The van der Waals surface area contributed by atoms with Crippen LogP contribution >= 0.6 is 0 Å². The van der Waals surface area contributed by atoms with Crippen LogP contribution in [0.2, 0.25) is 0 Å². The van der Waals surface area contributed by atoms with Gasteiger partial charge in [-0.2, -0.15) is 0 Å². The predicted molar refractivity (Wildman–Crippen MR) is 46.2 cm³/mol. The van der Waals surface area contributed by atoms with E-state index >= 15 is 0 Å². The molecule has 1 aromatic carbocycles. The molecule has 0 aromatic heterocycles. The Morgan fingerprint density at radius 2 is 2.00 bits per heavy atom. The van der Waals surface area contributed by atoms with Crippen molar-refractivity contribution in [1.82, 2.24) is 0 Å². The quantitative estimate of drug-likeness (QED) is 0.552. The summed E-state index contributed by atoms with van der Waals surface area (Å²) in [5.74, 6) is -0.823. The van der Waals surface area contributed by atoms with Crippen LogP contribution in [-0.2, 0) is 9.84 Å². The summed E-state index contributed by atoms with van der Waals surface area (Å²) in [4.78, 5) is 8.92. The highest BCUT2D eigenvalue weighted by molar-refractivity contribution is 7.90. The molecule has 5 nitrogen and oxygen atoms in total. The topological polar surface area (TPSA) is 77.3 Å². The minimum Gasteiger partial charge on any atom is -0.258 e. The first kappa shape index (κ1) is 10.6. The van der Waals surface area contributed by atoms with Crippen LogP contribution in [0.3, 0.4) is 0 Å². The van der Waals surface area contributed by atoms with Crippen molar-refractivity contribution in [3.05, 3.63) is 34.1 Å². The van der Waals surface area contributed by atoms with Crippen molar-refractivity contribution in [1.29, 1.82) is 0 Å². The first-order valence-electron chi connectivity index (χ1n) is 3.46. The molecule has 0 atom stereocenters. The minimum absolute atomic E-state index is 0.609. The van der Waals surface area contributed by atoms with E-state index in [4.69, 9.17) is 0 Å². The van der Waals surface area contributed by atoms with Crippen LogP contribution in [0, 0.1) is 15.9 Å². The maximum absolute atomic E-state index is 12.7. The first-order valence-corrected chi connectivity index (χ1v) is 5.35. The molecule has 1 aromatic rings. The van der Waals surface area contributed by atoms with E-state index in [9.17, 15) is 22.9 Å². The third-order valence-electron chi connectivity index (χ3n) is 1.52. The molecule has 0 aliphatic rings. The summed E-state index contributed by atoms with van der Waals surface area (Å²) < 4.78 is 34.7. The summed E-state index contributed by atoms with van der Waals surface area (Å²) in [6, 6.07) is 2.30. The lowest BCUT2D eigenvalue weighted by atomic mass is 10.3. The second kappa shape index (κ2) is 3.33. The van der Waals surface area contributed by atoms with Crippen LogP contribution in [-0.4, -0.2) is 19.6 Å². The van der Waals surface area contributed by atoms with Crippen LogP contribution in [0.4, 0.5) is 10.1 Å². The summed E-state index contributed by atoms with van der Waals surface area (Å²) in [5.41, 5.74) is -0.617. The summed E-state index contributed by atoms with van der Waals surface area (Å²) >= 11 is 0. The normalized spacial score (nSPS) is 11.3. The highest BCUT2D eigenvalue weighted by Crippen LogP contribution is 2.23. The average molecular weight is 219 g/mol. The van der Waals surface area contributed by atoms with Crippen molar-refractivity contribution < 1.29 is 17.7 Å². The Kier molecular flexibility index (Phi) is 2.52. The number of sulfone groups is 1. The largest absolute Gasteiger partial charge is 0.288 e. The van der Waals surface area contributed by atoms with E-state index in [1.165, 1.54) is 0 Å². The maximum atomic E-state index is 12.7. The van der Waals surface area contributed by atoms with Crippen molar-refractivity contribution in [2.45, 2.75) is 4.90 Å². The van der Waals surface area contributed by atoms with Gasteiger partial charge in [0, 0.05) is 12.3 Å². The lowest BCUT2D eigenvalue weighted by molar-refractivity contribution is -0.387. The molecule has 0 aliphatic heterocycles. The molecule has 0 aliphatic carbocycles. The number of benzene rings is 1. The number of hydrogen-bond donors (Lipinski definition) is 0. The van der Waals surface area contributed by atoms with Gasteiger partial charge in [-0.3, -0.25) is 10.1 Å². The van der Waals surface area contributed by atoms with Crippen molar-refractivity contribution in [3.8, 4) is 0 Å². The molecule has 0 fully saturated rings. The second-order valence-corrected chi connectivity index (χ2v) is 4.63. The van der Waals surface area contributed by atoms with E-state index < -0.39 is 31.2 Å². The smallest absolute Gasteiger partial charge is 0.258 e. The second-order valence-electron chi connectivity index (χ2n) is 2.64. The number of nitro benzene ring substituents is 1. The zero-order valence-corrected chi connectivity index (χ0v) is 7.91. The predicted octanol–water partition coefficient (Wildman–Crippen LogP) is 1.14. The standard InChI is InChI=1S/C7H6FNO4S/c1-14(12,13)7-4-5(8)2-3-6(7)9(10)11/h2-4H,1H3. The first-order chi connectivity index (χ1) is 6.32. The molecule has 0 saturated heterocycles. The van der Waals surface area contributed by atoms with Gasteiger partial charge in [-0.15, -0.1) is 0 Å². The van der Waals surface area contributed by atoms with Gasteiger partial charge in [0.1, 0.15) is 10.7 Å². The molecule has 0 N–H and O–H groups in total. The van der Waals surface area contributed by atoms with Crippen LogP contribution in [0.25, 0.3) is 0 Å². The number of nitro groups is 1. The Hall–Kier alpha value is -1.50. The molecule has 0 unspecified atom stereocenters. The van der Waals surface area contributed by atoms with Crippen LogP contribution in [0.1, 0.15) is 0 Å². The van der Waals surface area contributed by atoms with E-state index in [-0.39, 0.29) is 0 Å². The lowest BCUT2D eigenvalue weighted by Crippen LogP contribution is -2.03. The van der Waals surface area contributed by atoms with Crippen molar-refractivity contribution >= 4 is 15.5 Å². The molecule has 0 amide bonds. The Balaban J connectivity index is 3.54. The third-order valence-corrected chi connectivity index (χ3v) is 2.64. The molecule has 0 radical (unpaired) electrons. The number of rotatable bonds is 2. The fourth-order valence-electron chi connectivity index (χ4n) is 0.936. The van der Waals surface area contributed by atoms with Crippen molar-refractivity contribution in [2.24, 2.45) is 0 Å². The number of halogens is 1. The molecule has 7 heteroatoms. The van der Waals surface area contributed by atoms with E-state index in [1.807, 2.05) is 0 Å². The zero-order chi connectivity index (χ0) is 10.9. The number of hydrogen-bond acceptors (Lipinski definition) is 4. The van der Waals surface area contributed by atoms with Crippen LogP contribution in [0.15, 0.2) is 23.1 Å². The van der Waals surface area contributed by atoms with Gasteiger partial charge < -0.3 is 0 Å². The Labute approximate surface area is 79.2 Å². The van der Waals surface area contributed by atoms with Gasteiger partial charge >= 0.3 is 0 Å². The number of nitrogens with zero attached hydrogens (tertiary/aromatic N) is 1. The van der Waals surface area contributed by atoms with Gasteiger partial charge in [-0.1, -0.05) is 0 Å². The van der Waals surface area contributed by atoms with E-state index in [0.717, 1.165) is 18.4 Å². The zero-order valence-electron chi connectivity index (χ0n) is 7.10. The van der Waals surface area contributed by atoms with Gasteiger partial charge in [0.05, 0.1) is 4.92 Å². The molecule has 0 spiro atoms. The van der Waals surface area contributed by atoms with Crippen molar-refractivity contribution in [3.63, 3.8) is 0 Å². The van der Waals surface area contributed by atoms with Crippen molar-refractivity contribution in [2.75, 3.05) is 6.26 Å². The SMILES string of the molecule is CS(=O)(=O)c1cc(F)ccc1[N+](=O)[O-]. The van der Waals surface area contributed by atoms with Gasteiger partial charge in [0.25, 0.3) is 5.69 Å². The molecule has 14 heavy (non-hydrogen) atoms. The highest BCUT2D eigenvalue weighted by Gasteiger charge is 2.22. The summed E-state index contributed by atoms with van der Waals surface area (Å²) in [6.07, 6.45) is 0.786. The fraction of sp³-hybridized carbons (Fsp3) is 0.143. The molecule has 0 bridgehead atoms.